The van der Waals surface area contributed by atoms with Crippen molar-refractivity contribution in [3.05, 3.63) is 33.8 Å². The topological polar surface area (TPSA) is 29.1 Å². The molecule has 1 N–H and O–H groups in total. The summed E-state index contributed by atoms with van der Waals surface area (Å²) in [7, 11) is 0. The standard InChI is InChI=1S/C13H17Br2NO/c1-8-4-11(7-12(15)5-8)13(17)16-10(3)6-9(2)14/h4-5,7,9-10H,6H2,1-3H3,(H,16,17). The highest BCUT2D eigenvalue weighted by atomic mass is 79.9. The van der Waals surface area contributed by atoms with Gasteiger partial charge in [-0.3, -0.25) is 4.79 Å². The Balaban J connectivity index is 2.69. The quantitative estimate of drug-likeness (QED) is 0.804. The third kappa shape index (κ3) is 5.21. The van der Waals surface area contributed by atoms with Crippen LogP contribution in [-0.4, -0.2) is 16.8 Å². The van der Waals surface area contributed by atoms with Gasteiger partial charge < -0.3 is 5.32 Å². The Labute approximate surface area is 119 Å². The molecule has 1 rings (SSSR count). The Morgan fingerprint density at radius 1 is 1.35 bits per heavy atom. The molecule has 0 aliphatic heterocycles. The number of alkyl halides is 1. The normalized spacial score (nSPS) is 14.2. The van der Waals surface area contributed by atoms with E-state index in [9.17, 15) is 4.79 Å². The second-order valence-corrected chi connectivity index (χ2v) is 6.89. The summed E-state index contributed by atoms with van der Waals surface area (Å²) in [4.78, 5) is 12.4. The van der Waals surface area contributed by atoms with E-state index >= 15 is 0 Å². The van der Waals surface area contributed by atoms with Gasteiger partial charge >= 0.3 is 0 Å². The Morgan fingerprint density at radius 3 is 2.53 bits per heavy atom. The zero-order chi connectivity index (χ0) is 13.0. The van der Waals surface area contributed by atoms with Crippen molar-refractivity contribution in [2.45, 2.75) is 38.1 Å². The van der Waals surface area contributed by atoms with Crippen LogP contribution in [0.2, 0.25) is 0 Å². The number of benzene rings is 1. The molecule has 1 aromatic rings. The number of hydrogen-bond donors (Lipinski definition) is 1. The first kappa shape index (κ1) is 14.7. The number of carbonyl (C=O) groups excluding carboxylic acids is 1. The molecule has 0 heterocycles. The average molecular weight is 363 g/mol. The first-order valence-electron chi connectivity index (χ1n) is 5.60. The zero-order valence-corrected chi connectivity index (χ0v) is 13.4. The second-order valence-electron chi connectivity index (χ2n) is 4.41. The Morgan fingerprint density at radius 2 is 2.00 bits per heavy atom. The highest BCUT2D eigenvalue weighted by Crippen LogP contribution is 2.15. The minimum absolute atomic E-state index is 0.0185. The molecule has 0 aliphatic carbocycles. The Hall–Kier alpha value is -0.350. The molecule has 4 heteroatoms. The van der Waals surface area contributed by atoms with E-state index in [4.69, 9.17) is 0 Å². The number of nitrogens with one attached hydrogen (secondary N) is 1. The summed E-state index contributed by atoms with van der Waals surface area (Å²) in [6.45, 7) is 6.07. The molecular formula is C13H17Br2NO. The molecule has 1 amide bonds. The molecule has 0 fully saturated rings. The molecule has 0 bridgehead atoms. The molecule has 17 heavy (non-hydrogen) atoms. The summed E-state index contributed by atoms with van der Waals surface area (Å²) in [6.07, 6.45) is 0.915. The van der Waals surface area contributed by atoms with Crippen molar-refractivity contribution < 1.29 is 4.79 Å². The minimum atomic E-state index is -0.0185. The number of amides is 1. The Bertz CT molecular complexity index is 384. The van der Waals surface area contributed by atoms with E-state index < -0.39 is 0 Å². The maximum atomic E-state index is 12.0. The van der Waals surface area contributed by atoms with Crippen molar-refractivity contribution in [1.29, 1.82) is 0 Å². The lowest BCUT2D eigenvalue weighted by atomic mass is 10.1. The van der Waals surface area contributed by atoms with Gasteiger partial charge in [0.2, 0.25) is 0 Å². The van der Waals surface area contributed by atoms with E-state index in [1.54, 1.807) is 0 Å². The number of aryl methyl sites for hydroxylation is 1. The lowest BCUT2D eigenvalue weighted by Gasteiger charge is -2.15. The van der Waals surface area contributed by atoms with Crippen LogP contribution >= 0.6 is 31.9 Å². The van der Waals surface area contributed by atoms with Crippen molar-refractivity contribution in [2.24, 2.45) is 0 Å². The molecule has 0 radical (unpaired) electrons. The van der Waals surface area contributed by atoms with Crippen molar-refractivity contribution in [3.8, 4) is 0 Å². The molecule has 0 spiro atoms. The van der Waals surface area contributed by atoms with Gasteiger partial charge in [-0.1, -0.05) is 38.8 Å². The predicted molar refractivity (Wildman–Crippen MR) is 78.8 cm³/mol. The van der Waals surface area contributed by atoms with Gasteiger partial charge in [-0.2, -0.15) is 0 Å². The summed E-state index contributed by atoms with van der Waals surface area (Å²) in [6, 6.07) is 5.88. The first-order valence-corrected chi connectivity index (χ1v) is 7.31. The Kier molecular flexibility index (Phi) is 5.67. The first-order chi connectivity index (χ1) is 7.88. The minimum Gasteiger partial charge on any atom is -0.350 e. The molecule has 1 aromatic carbocycles. The number of rotatable bonds is 4. The zero-order valence-electron chi connectivity index (χ0n) is 10.3. The molecule has 2 nitrogen and oxygen atoms in total. The highest BCUT2D eigenvalue weighted by molar-refractivity contribution is 9.10. The fourth-order valence-electron chi connectivity index (χ4n) is 1.72. The lowest BCUT2D eigenvalue weighted by Crippen LogP contribution is -2.33. The van der Waals surface area contributed by atoms with Crippen LogP contribution in [0, 0.1) is 6.92 Å². The summed E-state index contributed by atoms with van der Waals surface area (Å²) in [5.74, 6) is -0.0185. The summed E-state index contributed by atoms with van der Waals surface area (Å²) < 4.78 is 0.934. The van der Waals surface area contributed by atoms with E-state index in [0.717, 1.165) is 16.5 Å². The number of hydrogen-bond acceptors (Lipinski definition) is 1. The predicted octanol–water partition coefficient (Wildman–Crippen LogP) is 4.05. The highest BCUT2D eigenvalue weighted by Gasteiger charge is 2.12. The maximum absolute atomic E-state index is 12.0. The second kappa shape index (κ2) is 6.55. The molecule has 0 aromatic heterocycles. The molecule has 0 saturated carbocycles. The van der Waals surface area contributed by atoms with Crippen LogP contribution in [0.15, 0.2) is 22.7 Å². The van der Waals surface area contributed by atoms with E-state index in [0.29, 0.717) is 10.4 Å². The molecular weight excluding hydrogens is 346 g/mol. The van der Waals surface area contributed by atoms with Gasteiger partial charge in [0.25, 0.3) is 5.91 Å². The van der Waals surface area contributed by atoms with Crippen molar-refractivity contribution >= 4 is 37.8 Å². The summed E-state index contributed by atoms with van der Waals surface area (Å²) >= 11 is 6.89. The van der Waals surface area contributed by atoms with Crippen LogP contribution in [-0.2, 0) is 0 Å². The van der Waals surface area contributed by atoms with E-state index in [-0.39, 0.29) is 11.9 Å². The van der Waals surface area contributed by atoms with Gasteiger partial charge in [-0.25, -0.2) is 0 Å². The number of halogens is 2. The third-order valence-electron chi connectivity index (χ3n) is 2.36. The molecule has 2 unspecified atom stereocenters. The van der Waals surface area contributed by atoms with E-state index in [1.165, 1.54) is 0 Å². The third-order valence-corrected chi connectivity index (χ3v) is 3.19. The van der Waals surface area contributed by atoms with Crippen molar-refractivity contribution in [2.75, 3.05) is 0 Å². The van der Waals surface area contributed by atoms with Crippen LogP contribution in [0.1, 0.15) is 36.2 Å². The van der Waals surface area contributed by atoms with Crippen molar-refractivity contribution in [3.63, 3.8) is 0 Å². The average Bonchev–Trinajstić information content (AvgIpc) is 2.14. The van der Waals surface area contributed by atoms with E-state index in [2.05, 4.69) is 44.1 Å². The van der Waals surface area contributed by atoms with Gasteiger partial charge in [0, 0.05) is 20.9 Å². The lowest BCUT2D eigenvalue weighted by molar-refractivity contribution is 0.0938. The fraction of sp³-hybridized carbons (Fsp3) is 0.462. The number of carbonyl (C=O) groups is 1. The fourth-order valence-corrected chi connectivity index (χ4v) is 2.89. The maximum Gasteiger partial charge on any atom is 0.251 e. The smallest absolute Gasteiger partial charge is 0.251 e. The van der Waals surface area contributed by atoms with Crippen LogP contribution in [0.5, 0.6) is 0 Å². The SMILES string of the molecule is Cc1cc(Br)cc(C(=O)NC(C)CC(C)Br)c1. The molecule has 94 valence electrons. The summed E-state index contributed by atoms with van der Waals surface area (Å²) in [5, 5.41) is 2.99. The van der Waals surface area contributed by atoms with Crippen LogP contribution in [0.4, 0.5) is 0 Å². The van der Waals surface area contributed by atoms with Gasteiger partial charge in [0.15, 0.2) is 0 Å². The van der Waals surface area contributed by atoms with Gasteiger partial charge in [-0.15, -0.1) is 0 Å². The largest absolute Gasteiger partial charge is 0.350 e. The van der Waals surface area contributed by atoms with E-state index in [1.807, 2.05) is 32.0 Å². The van der Waals surface area contributed by atoms with Gasteiger partial charge in [0.1, 0.15) is 0 Å². The van der Waals surface area contributed by atoms with Gasteiger partial charge in [0.05, 0.1) is 0 Å². The van der Waals surface area contributed by atoms with Gasteiger partial charge in [-0.05, 0) is 44.0 Å². The van der Waals surface area contributed by atoms with Crippen LogP contribution in [0.3, 0.4) is 0 Å². The monoisotopic (exact) mass is 361 g/mol. The molecule has 0 saturated heterocycles. The van der Waals surface area contributed by atoms with Crippen LogP contribution < -0.4 is 5.32 Å². The summed E-state index contributed by atoms with van der Waals surface area (Å²) in [5.41, 5.74) is 1.77. The molecule has 2 atom stereocenters. The molecule has 0 aliphatic rings. The van der Waals surface area contributed by atoms with Crippen molar-refractivity contribution in [1.82, 2.24) is 5.32 Å². The van der Waals surface area contributed by atoms with Crippen LogP contribution in [0.25, 0.3) is 0 Å².